The average molecular weight is 653 g/mol. The molecule has 0 fully saturated rings. The van der Waals surface area contributed by atoms with Crippen molar-refractivity contribution in [3.05, 3.63) is 83.3 Å². The van der Waals surface area contributed by atoms with Gasteiger partial charge < -0.3 is 24.1 Å². The number of thiazole rings is 1. The lowest BCUT2D eigenvalue weighted by molar-refractivity contribution is 0.0689. The Morgan fingerprint density at radius 2 is 1.68 bits per heavy atom. The topological polar surface area (TPSA) is 150 Å². The van der Waals surface area contributed by atoms with Crippen LogP contribution in [0.2, 0.25) is 0 Å². The zero-order valence-electron chi connectivity index (χ0n) is 23.1. The zero-order valence-corrected chi connectivity index (χ0v) is 24.7. The van der Waals surface area contributed by atoms with Gasteiger partial charge in [0, 0.05) is 25.0 Å². The van der Waals surface area contributed by atoms with Gasteiger partial charge in [-0.3, -0.25) is 10.1 Å². The van der Waals surface area contributed by atoms with Gasteiger partial charge in [-0.1, -0.05) is 11.3 Å². The monoisotopic (exact) mass is 652 g/mol. The molecule has 44 heavy (non-hydrogen) atoms. The molecule has 0 saturated heterocycles. The quantitative estimate of drug-likeness (QED) is 0.177. The summed E-state index contributed by atoms with van der Waals surface area (Å²) >= 11 is 0.623. The van der Waals surface area contributed by atoms with E-state index in [4.69, 9.17) is 24.1 Å². The first-order valence-corrected chi connectivity index (χ1v) is 15.1. The predicted octanol–water partition coefficient (Wildman–Crippen LogP) is 5.91. The molecular weight excluding hydrogens is 629 g/mol. The second-order valence-corrected chi connectivity index (χ2v) is 12.1. The Hall–Kier alpha value is -4.67. The van der Waals surface area contributed by atoms with Gasteiger partial charge in [0.15, 0.2) is 26.6 Å². The van der Waals surface area contributed by atoms with Crippen LogP contribution in [0.15, 0.2) is 59.6 Å². The van der Waals surface area contributed by atoms with E-state index in [9.17, 15) is 31.2 Å². The Kier molecular flexibility index (Phi) is 9.76. The minimum atomic E-state index is -3.43. The zero-order chi connectivity index (χ0) is 32.2. The molecule has 1 aromatic heterocycles. The molecule has 0 aliphatic carbocycles. The summed E-state index contributed by atoms with van der Waals surface area (Å²) in [5.74, 6) is -8.16. The van der Waals surface area contributed by atoms with Gasteiger partial charge in [0.25, 0.3) is 5.91 Å². The van der Waals surface area contributed by atoms with E-state index in [1.54, 1.807) is 6.92 Å². The van der Waals surface area contributed by atoms with E-state index in [-0.39, 0.29) is 50.6 Å². The largest absolute Gasteiger partial charge is 0.488 e. The van der Waals surface area contributed by atoms with Crippen molar-refractivity contribution in [3.63, 3.8) is 0 Å². The number of aromatic carboxylic acids is 1. The van der Waals surface area contributed by atoms with Crippen LogP contribution >= 0.6 is 11.3 Å². The Labute approximate surface area is 252 Å². The van der Waals surface area contributed by atoms with Crippen molar-refractivity contribution in [2.75, 3.05) is 25.3 Å². The van der Waals surface area contributed by atoms with Crippen molar-refractivity contribution in [1.29, 1.82) is 0 Å². The molecule has 2 N–H and O–H groups in total. The summed E-state index contributed by atoms with van der Waals surface area (Å²) in [6.07, 6.45) is 1.65. The first kappa shape index (κ1) is 32.2. The number of amides is 1. The number of anilines is 1. The lowest BCUT2D eigenvalue weighted by atomic mass is 10.2. The van der Waals surface area contributed by atoms with E-state index in [2.05, 4.69) is 10.3 Å². The van der Waals surface area contributed by atoms with Gasteiger partial charge >= 0.3 is 5.97 Å². The number of hydrogen-bond acceptors (Lipinski definition) is 10. The number of hydrogen-bond donors (Lipinski definition) is 2. The number of sulfone groups is 1. The van der Waals surface area contributed by atoms with E-state index >= 15 is 0 Å². The number of ether oxygens (including phenoxy) is 4. The predicted molar refractivity (Wildman–Crippen MR) is 151 cm³/mol. The standard InChI is InChI=1S/C28H23F3N2O9S2/c1-14(13-39-2)40-17-8-15(9-18(10-17)41-16-4-6-19(7-5-16)44(3,37)38)26(34)33-28-32-12-22(43-28)42-25-23(30)20(27(35)36)11-21(29)24(25)31/h4-12,14H,13H2,1-3H3,(H,35,36)(H,32,33,34)/t14-/m0/s1. The van der Waals surface area contributed by atoms with Crippen LogP contribution in [0, 0.1) is 17.5 Å². The molecule has 4 rings (SSSR count). The van der Waals surface area contributed by atoms with E-state index in [0.717, 1.165) is 12.5 Å². The number of aromatic nitrogens is 1. The molecule has 1 amide bonds. The van der Waals surface area contributed by atoms with Crippen molar-refractivity contribution in [2.45, 2.75) is 17.9 Å². The number of benzene rings is 3. The maximum atomic E-state index is 14.5. The van der Waals surface area contributed by atoms with Gasteiger partial charge in [-0.15, -0.1) is 0 Å². The molecule has 16 heteroatoms. The maximum Gasteiger partial charge on any atom is 0.338 e. The number of methoxy groups -OCH3 is 1. The van der Waals surface area contributed by atoms with Crippen molar-refractivity contribution < 1.29 is 55.2 Å². The first-order chi connectivity index (χ1) is 20.7. The van der Waals surface area contributed by atoms with Crippen LogP contribution in [0.4, 0.5) is 18.3 Å². The Morgan fingerprint density at radius 3 is 2.32 bits per heavy atom. The lowest BCUT2D eigenvalue weighted by Crippen LogP contribution is -2.18. The van der Waals surface area contributed by atoms with E-state index in [1.165, 1.54) is 49.6 Å². The highest BCUT2D eigenvalue weighted by molar-refractivity contribution is 7.90. The molecule has 0 aliphatic heterocycles. The second kappa shape index (κ2) is 13.3. The number of carbonyl (C=O) groups is 2. The van der Waals surface area contributed by atoms with Gasteiger partial charge in [-0.25, -0.2) is 27.0 Å². The van der Waals surface area contributed by atoms with E-state index < -0.39 is 56.6 Å². The molecule has 0 spiro atoms. The summed E-state index contributed by atoms with van der Waals surface area (Å²) in [4.78, 5) is 28.3. The fourth-order valence-electron chi connectivity index (χ4n) is 3.68. The SMILES string of the molecule is COC[C@H](C)Oc1cc(Oc2ccc(S(C)(=O)=O)cc2)cc(C(=O)Nc2ncc(Oc3c(F)c(F)cc(C(=O)O)c3F)s2)c1. The Morgan fingerprint density at radius 1 is 1.00 bits per heavy atom. The highest BCUT2D eigenvalue weighted by Gasteiger charge is 2.25. The van der Waals surface area contributed by atoms with Gasteiger partial charge in [0.05, 0.1) is 17.7 Å². The van der Waals surface area contributed by atoms with Crippen LogP contribution in [0.5, 0.6) is 28.1 Å². The molecule has 0 radical (unpaired) electrons. The number of halogens is 3. The van der Waals surface area contributed by atoms with Crippen LogP contribution in [-0.2, 0) is 14.6 Å². The minimum absolute atomic E-state index is 0.0425. The minimum Gasteiger partial charge on any atom is -0.488 e. The molecule has 3 aromatic carbocycles. The van der Waals surface area contributed by atoms with E-state index in [0.29, 0.717) is 11.3 Å². The van der Waals surface area contributed by atoms with Crippen LogP contribution in [0.1, 0.15) is 27.6 Å². The summed E-state index contributed by atoms with van der Waals surface area (Å²) in [7, 11) is -1.93. The van der Waals surface area contributed by atoms with Crippen molar-refractivity contribution >= 4 is 38.2 Å². The normalized spacial score (nSPS) is 12.0. The van der Waals surface area contributed by atoms with Crippen LogP contribution < -0.4 is 19.5 Å². The van der Waals surface area contributed by atoms with Gasteiger partial charge in [-0.05, 0) is 49.4 Å². The molecule has 0 bridgehead atoms. The van der Waals surface area contributed by atoms with E-state index in [1.807, 2.05) is 0 Å². The fraction of sp³-hybridized carbons (Fsp3) is 0.179. The summed E-state index contributed by atoms with van der Waals surface area (Å²) in [5, 5.41) is 11.1. The third-order valence-corrected chi connectivity index (χ3v) is 7.54. The van der Waals surface area contributed by atoms with Gasteiger partial charge in [0.2, 0.25) is 16.6 Å². The molecule has 0 aliphatic rings. The summed E-state index contributed by atoms with van der Waals surface area (Å²) in [6.45, 7) is 1.98. The van der Waals surface area contributed by atoms with Crippen molar-refractivity contribution in [1.82, 2.24) is 4.98 Å². The fourth-order valence-corrected chi connectivity index (χ4v) is 4.98. The van der Waals surface area contributed by atoms with Crippen LogP contribution in [0.25, 0.3) is 0 Å². The molecule has 0 unspecified atom stereocenters. The highest BCUT2D eigenvalue weighted by atomic mass is 32.2. The molecule has 1 atom stereocenters. The number of carboxylic acids is 1. The van der Waals surface area contributed by atoms with Crippen LogP contribution in [0.3, 0.4) is 0 Å². The Bertz CT molecular complexity index is 1810. The van der Waals surface area contributed by atoms with Crippen molar-refractivity contribution in [3.8, 4) is 28.1 Å². The highest BCUT2D eigenvalue weighted by Crippen LogP contribution is 2.36. The molecule has 232 valence electrons. The van der Waals surface area contributed by atoms with Gasteiger partial charge in [0.1, 0.15) is 28.9 Å². The summed E-state index contributed by atoms with van der Waals surface area (Å²) in [6, 6.07) is 10.1. The third kappa shape index (κ3) is 7.83. The number of rotatable bonds is 12. The number of carbonyl (C=O) groups excluding carboxylic acids is 1. The molecule has 1 heterocycles. The maximum absolute atomic E-state index is 14.5. The average Bonchev–Trinajstić information content (AvgIpc) is 3.39. The molecule has 0 saturated carbocycles. The lowest BCUT2D eigenvalue weighted by Gasteiger charge is -2.16. The first-order valence-electron chi connectivity index (χ1n) is 12.4. The van der Waals surface area contributed by atoms with Gasteiger partial charge in [-0.2, -0.15) is 4.39 Å². The summed E-state index contributed by atoms with van der Waals surface area (Å²) in [5.41, 5.74) is -1.09. The summed E-state index contributed by atoms with van der Waals surface area (Å²) < 4.78 is 87.8. The smallest absolute Gasteiger partial charge is 0.338 e. The van der Waals surface area contributed by atoms with Crippen LogP contribution in [-0.4, -0.2) is 56.5 Å². The number of nitrogens with one attached hydrogen (secondary N) is 1. The Balaban J connectivity index is 1.57. The molecule has 4 aromatic rings. The molecular formula is C28H23F3N2O9S2. The number of nitrogens with zero attached hydrogens (tertiary/aromatic N) is 1. The second-order valence-electron chi connectivity index (χ2n) is 9.13. The number of carboxylic acid groups (broad SMARTS) is 1. The third-order valence-electron chi connectivity index (χ3n) is 5.62. The molecule has 11 nitrogen and oxygen atoms in total. The van der Waals surface area contributed by atoms with Crippen molar-refractivity contribution in [2.24, 2.45) is 0 Å².